The summed E-state index contributed by atoms with van der Waals surface area (Å²) in [5, 5.41) is 20.0. The van der Waals surface area contributed by atoms with E-state index in [4.69, 9.17) is 15.3 Å². The largest absolute Gasteiger partial charge is 0.294 e. The molecule has 4 aromatic rings. The molecule has 3 aromatic heterocycles. The highest BCUT2D eigenvalue weighted by Crippen LogP contribution is 2.35. The van der Waals surface area contributed by atoms with Crippen LogP contribution in [-0.4, -0.2) is 36.9 Å². The van der Waals surface area contributed by atoms with Crippen LogP contribution < -0.4 is 0 Å². The van der Waals surface area contributed by atoms with Crippen LogP contribution >= 0.6 is 11.3 Å². The second-order valence-electron chi connectivity index (χ2n) is 7.80. The molecule has 144 valence electrons. The Morgan fingerprint density at radius 3 is 2.76 bits per heavy atom. The third-order valence-electron chi connectivity index (χ3n) is 5.74. The van der Waals surface area contributed by atoms with Crippen LogP contribution in [0.2, 0.25) is 12.6 Å². The van der Waals surface area contributed by atoms with Crippen molar-refractivity contribution in [2.24, 2.45) is 7.05 Å². The molecule has 1 aliphatic rings. The fraction of sp³-hybridized carbons (Fsp3) is 0.350. The van der Waals surface area contributed by atoms with Crippen molar-refractivity contribution in [1.82, 2.24) is 24.4 Å². The summed E-state index contributed by atoms with van der Waals surface area (Å²) in [4.78, 5) is 17.8. The van der Waals surface area contributed by atoms with E-state index in [2.05, 4.69) is 11.1 Å². The van der Waals surface area contributed by atoms with Gasteiger partial charge in [-0.3, -0.25) is 9.48 Å². The van der Waals surface area contributed by atoms with Gasteiger partial charge in [-0.1, -0.05) is 36.8 Å². The van der Waals surface area contributed by atoms with Crippen LogP contribution in [0.5, 0.6) is 0 Å². The van der Waals surface area contributed by atoms with Crippen molar-refractivity contribution in [3.63, 3.8) is 0 Å². The van der Waals surface area contributed by atoms with Gasteiger partial charge in [0.1, 0.15) is 10.5 Å². The molecule has 0 radical (unpaired) electrons. The van der Waals surface area contributed by atoms with Gasteiger partial charge in [0.25, 0.3) is 6.71 Å². The summed E-state index contributed by atoms with van der Waals surface area (Å²) >= 11 is 1.53. The fourth-order valence-corrected chi connectivity index (χ4v) is 5.07. The summed E-state index contributed by atoms with van der Waals surface area (Å²) < 4.78 is 3.56. The Kier molecular flexibility index (Phi) is 4.25. The van der Waals surface area contributed by atoms with E-state index in [-0.39, 0.29) is 12.5 Å². The van der Waals surface area contributed by atoms with Crippen molar-refractivity contribution in [2.75, 3.05) is 0 Å². The molecule has 9 heteroatoms. The third-order valence-corrected chi connectivity index (χ3v) is 6.71. The van der Waals surface area contributed by atoms with Crippen LogP contribution in [0.3, 0.4) is 0 Å². The fourth-order valence-electron chi connectivity index (χ4n) is 4.20. The van der Waals surface area contributed by atoms with E-state index in [1.54, 1.807) is 11.6 Å². The van der Waals surface area contributed by atoms with Gasteiger partial charge in [-0.15, -0.1) is 0 Å². The molecule has 4 heterocycles. The second-order valence-corrected chi connectivity index (χ2v) is 8.75. The van der Waals surface area contributed by atoms with Gasteiger partial charge in [0.05, 0.1) is 11.9 Å². The lowest BCUT2D eigenvalue weighted by Gasteiger charge is -2.21. The average molecular weight is 402 g/mol. The van der Waals surface area contributed by atoms with Crippen LogP contribution in [0.4, 0.5) is 0 Å². The van der Waals surface area contributed by atoms with Crippen LogP contribution in [-0.2, 0) is 7.05 Å². The van der Waals surface area contributed by atoms with Crippen molar-refractivity contribution in [2.45, 2.75) is 38.3 Å². The van der Waals surface area contributed by atoms with Crippen LogP contribution in [0, 0.1) is 11.2 Å². The first-order valence-corrected chi connectivity index (χ1v) is 10.6. The number of ketones is 1. The number of carbonyl (C=O) groups excluding carboxylic acids is 1. The summed E-state index contributed by atoms with van der Waals surface area (Å²) in [6.07, 6.45) is 7.85. The van der Waals surface area contributed by atoms with E-state index in [9.17, 15) is 4.79 Å². The quantitative estimate of drug-likeness (QED) is 0.382. The monoisotopic (exact) mass is 402 g/mol. The Labute approximate surface area is 172 Å². The van der Waals surface area contributed by atoms with Gasteiger partial charge in [0, 0.05) is 41.6 Å². The number of hydrogen-bond donors (Lipinski definition) is 0. The van der Waals surface area contributed by atoms with Gasteiger partial charge in [0.2, 0.25) is 4.96 Å². The highest BCUT2D eigenvalue weighted by Gasteiger charge is 2.27. The number of benzene rings is 1. The summed E-state index contributed by atoms with van der Waals surface area (Å²) in [5.74, 6) is 2.79. The average Bonchev–Trinajstić information content (AvgIpc) is 3.38. The van der Waals surface area contributed by atoms with Gasteiger partial charge >= 0.3 is 0 Å². The van der Waals surface area contributed by atoms with E-state index >= 15 is 0 Å². The standard InChI is InChI=1S/C20H19BN6OS/c1-12(28)16-8-14(7-15-9-26(2)24-18(15)16)19-25-27-10-17(23-20(27)29-19)13-3-5-21(11-22)6-4-13/h7-10,13H,3-6H2,1-2H3. The van der Waals surface area contributed by atoms with Crippen molar-refractivity contribution in [3.8, 4) is 16.5 Å². The minimum Gasteiger partial charge on any atom is -0.294 e. The zero-order valence-corrected chi connectivity index (χ0v) is 17.1. The first-order chi connectivity index (χ1) is 14.0. The molecule has 1 saturated heterocycles. The first kappa shape index (κ1) is 18.1. The highest BCUT2D eigenvalue weighted by atomic mass is 32.1. The smallest absolute Gasteiger partial charge is 0.267 e. The number of nitriles is 1. The zero-order valence-electron chi connectivity index (χ0n) is 16.3. The number of carbonyl (C=O) groups is 1. The first-order valence-electron chi connectivity index (χ1n) is 9.76. The van der Waals surface area contributed by atoms with E-state index in [1.165, 1.54) is 11.3 Å². The number of Topliss-reactive ketones (excluding diaryl/α,β-unsaturated/α-hetero) is 1. The maximum atomic E-state index is 12.1. The molecule has 1 aromatic carbocycles. The Balaban J connectivity index is 1.49. The summed E-state index contributed by atoms with van der Waals surface area (Å²) in [5.41, 5.74) is 3.31. The lowest BCUT2D eigenvalue weighted by molar-refractivity contribution is 0.101. The molecule has 0 unspecified atom stereocenters. The second kappa shape index (κ2) is 6.81. The van der Waals surface area contributed by atoms with E-state index in [0.29, 0.717) is 11.5 Å². The molecule has 0 amide bonds. The molecule has 0 atom stereocenters. The SMILES string of the molecule is CC(=O)c1cc(-c2nn3cc(C4CCB(C#N)CC4)nc3s2)cc2cn(C)nc12. The van der Waals surface area contributed by atoms with Crippen molar-refractivity contribution in [3.05, 3.63) is 35.8 Å². The number of aromatic nitrogens is 5. The number of rotatable bonds is 3. The molecule has 1 aliphatic heterocycles. The lowest BCUT2D eigenvalue weighted by atomic mass is 9.41. The van der Waals surface area contributed by atoms with Gasteiger partial charge in [-0.25, -0.2) is 14.8 Å². The molecule has 5 rings (SSSR count). The zero-order chi connectivity index (χ0) is 20.1. The molecular weight excluding hydrogens is 383 g/mol. The number of imidazole rings is 1. The van der Waals surface area contributed by atoms with Gasteiger partial charge in [0.15, 0.2) is 5.78 Å². The van der Waals surface area contributed by atoms with Gasteiger partial charge in [-0.2, -0.15) is 10.2 Å². The molecule has 0 bridgehead atoms. The Hall–Kier alpha value is -2.99. The normalized spacial score (nSPS) is 15.3. The molecule has 29 heavy (non-hydrogen) atoms. The van der Waals surface area contributed by atoms with Gasteiger partial charge < -0.3 is 0 Å². The molecule has 0 spiro atoms. The van der Waals surface area contributed by atoms with Crippen LogP contribution in [0.15, 0.2) is 24.5 Å². The lowest BCUT2D eigenvalue weighted by Crippen LogP contribution is -2.19. The number of aryl methyl sites for hydroxylation is 1. The molecule has 0 N–H and O–H groups in total. The van der Waals surface area contributed by atoms with E-state index in [0.717, 1.165) is 57.6 Å². The molecule has 0 aliphatic carbocycles. The number of nitrogens with zero attached hydrogens (tertiary/aromatic N) is 6. The molecule has 0 saturated carbocycles. The van der Waals surface area contributed by atoms with Crippen molar-refractivity contribution >= 4 is 39.7 Å². The maximum absolute atomic E-state index is 12.1. The summed E-state index contributed by atoms with van der Waals surface area (Å²) in [6, 6.07) is 3.90. The topological polar surface area (TPSA) is 88.9 Å². The predicted molar refractivity (Wildman–Crippen MR) is 114 cm³/mol. The van der Waals surface area contributed by atoms with Crippen molar-refractivity contribution < 1.29 is 4.79 Å². The maximum Gasteiger partial charge on any atom is 0.267 e. The van der Waals surface area contributed by atoms with E-state index in [1.807, 2.05) is 36.1 Å². The summed E-state index contributed by atoms with van der Waals surface area (Å²) in [7, 11) is 1.85. The third kappa shape index (κ3) is 3.13. The molecule has 1 fully saturated rings. The van der Waals surface area contributed by atoms with Gasteiger partial charge in [-0.05, 0) is 19.1 Å². The number of hydrogen-bond acceptors (Lipinski definition) is 6. The Morgan fingerprint density at radius 2 is 2.07 bits per heavy atom. The number of fused-ring (bicyclic) bond motifs is 2. The minimum absolute atomic E-state index is 0.00728. The van der Waals surface area contributed by atoms with Crippen molar-refractivity contribution in [1.29, 1.82) is 5.26 Å². The van der Waals surface area contributed by atoms with E-state index < -0.39 is 0 Å². The molecule has 7 nitrogen and oxygen atoms in total. The predicted octanol–water partition coefficient (Wildman–Crippen LogP) is 3.98. The highest BCUT2D eigenvalue weighted by molar-refractivity contribution is 7.19. The summed E-state index contributed by atoms with van der Waals surface area (Å²) in [6.45, 7) is 1.76. The van der Waals surface area contributed by atoms with Crippen LogP contribution in [0.1, 0.15) is 41.7 Å². The minimum atomic E-state index is -0.00728. The Bertz CT molecular complexity index is 1260. The molecular formula is C20H19BN6OS. The van der Waals surface area contributed by atoms with Crippen LogP contribution in [0.25, 0.3) is 26.4 Å². The Morgan fingerprint density at radius 1 is 1.28 bits per heavy atom.